The Labute approximate surface area is 110 Å². The maximum Gasteiger partial charge on any atom is 0.105 e. The monoisotopic (exact) mass is 242 g/mol. The first-order valence-electron chi connectivity index (χ1n) is 6.86. The van der Waals surface area contributed by atoms with Gasteiger partial charge in [-0.2, -0.15) is 0 Å². The third kappa shape index (κ3) is 3.22. The topological polar surface area (TPSA) is 17.8 Å². The molecule has 0 fully saturated rings. The van der Waals surface area contributed by atoms with Crippen LogP contribution in [0, 0.1) is 6.92 Å². The van der Waals surface area contributed by atoms with Crippen molar-refractivity contribution < 1.29 is 0 Å². The smallest absolute Gasteiger partial charge is 0.105 e. The Hall–Kier alpha value is -1.57. The van der Waals surface area contributed by atoms with Crippen molar-refractivity contribution in [2.75, 3.05) is 0 Å². The van der Waals surface area contributed by atoms with Crippen LogP contribution < -0.4 is 0 Å². The maximum absolute atomic E-state index is 4.45. The van der Waals surface area contributed by atoms with E-state index in [0.717, 1.165) is 18.8 Å². The highest BCUT2D eigenvalue weighted by Gasteiger charge is 2.06. The first-order valence-corrected chi connectivity index (χ1v) is 6.86. The van der Waals surface area contributed by atoms with E-state index in [0.29, 0.717) is 0 Å². The van der Waals surface area contributed by atoms with E-state index in [9.17, 15) is 0 Å². The molecule has 2 heteroatoms. The number of aromatic nitrogens is 2. The van der Waals surface area contributed by atoms with E-state index < -0.39 is 0 Å². The van der Waals surface area contributed by atoms with E-state index in [1.54, 1.807) is 0 Å². The molecule has 1 heterocycles. The first kappa shape index (κ1) is 12.9. The van der Waals surface area contributed by atoms with Gasteiger partial charge in [-0.05, 0) is 18.9 Å². The average Bonchev–Trinajstić information content (AvgIpc) is 2.73. The fourth-order valence-electron chi connectivity index (χ4n) is 2.29. The Morgan fingerprint density at radius 3 is 2.61 bits per heavy atom. The molecule has 2 aromatic rings. The highest BCUT2D eigenvalue weighted by atomic mass is 15.1. The third-order valence-electron chi connectivity index (χ3n) is 3.35. The molecule has 0 unspecified atom stereocenters. The molecule has 2 nitrogen and oxygen atoms in total. The van der Waals surface area contributed by atoms with Crippen molar-refractivity contribution in [2.24, 2.45) is 0 Å². The number of hydrogen-bond donors (Lipinski definition) is 0. The molecule has 0 aliphatic heterocycles. The molecule has 0 bridgehead atoms. The summed E-state index contributed by atoms with van der Waals surface area (Å²) in [6.07, 6.45) is 6.81. The van der Waals surface area contributed by atoms with Gasteiger partial charge in [0.05, 0.1) is 0 Å². The molecule has 1 aromatic heterocycles. The van der Waals surface area contributed by atoms with Crippen molar-refractivity contribution in [3.8, 4) is 0 Å². The minimum atomic E-state index is 0.980. The van der Waals surface area contributed by atoms with Crippen LogP contribution in [0.15, 0.2) is 36.5 Å². The van der Waals surface area contributed by atoms with Gasteiger partial charge < -0.3 is 4.57 Å². The quantitative estimate of drug-likeness (QED) is 0.701. The Kier molecular flexibility index (Phi) is 4.57. The number of benzene rings is 1. The number of hydrogen-bond acceptors (Lipinski definition) is 1. The van der Waals surface area contributed by atoms with Crippen molar-refractivity contribution in [3.63, 3.8) is 0 Å². The van der Waals surface area contributed by atoms with Crippen molar-refractivity contribution in [2.45, 2.75) is 46.1 Å². The van der Waals surface area contributed by atoms with E-state index in [1.807, 2.05) is 6.20 Å². The summed E-state index contributed by atoms with van der Waals surface area (Å²) in [6.45, 7) is 5.44. The zero-order chi connectivity index (χ0) is 12.8. The zero-order valence-electron chi connectivity index (χ0n) is 11.4. The maximum atomic E-state index is 4.45. The minimum Gasteiger partial charge on any atom is -0.332 e. The fraction of sp³-hybridized carbons (Fsp3) is 0.438. The zero-order valence-corrected chi connectivity index (χ0v) is 11.4. The molecule has 0 aliphatic rings. The molecule has 0 radical (unpaired) electrons. The molecule has 0 saturated heterocycles. The molecule has 0 amide bonds. The van der Waals surface area contributed by atoms with Gasteiger partial charge in [-0.1, -0.05) is 50.1 Å². The highest BCUT2D eigenvalue weighted by Crippen LogP contribution is 2.13. The van der Waals surface area contributed by atoms with Crippen LogP contribution in [0.5, 0.6) is 0 Å². The molecular formula is C16H22N2. The molecule has 96 valence electrons. The standard InChI is InChI=1S/C16H22N2/c1-3-4-8-11-18-14(2)17-13-16(18)12-15-9-6-5-7-10-15/h5-7,9-10,13H,3-4,8,11-12H2,1-2H3. The Bertz CT molecular complexity index is 471. The third-order valence-corrected chi connectivity index (χ3v) is 3.35. The lowest BCUT2D eigenvalue weighted by molar-refractivity contribution is 0.576. The number of nitrogens with zero attached hydrogens (tertiary/aromatic N) is 2. The summed E-state index contributed by atoms with van der Waals surface area (Å²) in [5.74, 6) is 1.14. The van der Waals surface area contributed by atoms with E-state index in [4.69, 9.17) is 0 Å². The first-order chi connectivity index (χ1) is 8.81. The predicted molar refractivity (Wildman–Crippen MR) is 75.7 cm³/mol. The molecule has 2 rings (SSSR count). The van der Waals surface area contributed by atoms with Gasteiger partial charge in [-0.3, -0.25) is 0 Å². The van der Waals surface area contributed by atoms with E-state index in [1.165, 1.54) is 30.5 Å². The summed E-state index contributed by atoms with van der Waals surface area (Å²) in [6, 6.07) is 10.6. The summed E-state index contributed by atoms with van der Waals surface area (Å²) >= 11 is 0. The number of rotatable bonds is 6. The summed E-state index contributed by atoms with van der Waals surface area (Å²) in [5, 5.41) is 0. The predicted octanol–water partition coefficient (Wildman–Crippen LogP) is 3.97. The molecule has 0 spiro atoms. The van der Waals surface area contributed by atoms with Crippen molar-refractivity contribution in [1.82, 2.24) is 9.55 Å². The largest absolute Gasteiger partial charge is 0.332 e. The Balaban J connectivity index is 2.08. The van der Waals surface area contributed by atoms with Gasteiger partial charge in [0.25, 0.3) is 0 Å². The second-order valence-electron chi connectivity index (χ2n) is 4.82. The van der Waals surface area contributed by atoms with Crippen LogP contribution in [-0.2, 0) is 13.0 Å². The van der Waals surface area contributed by atoms with Crippen molar-refractivity contribution in [1.29, 1.82) is 0 Å². The van der Waals surface area contributed by atoms with Crippen LogP contribution in [0.25, 0.3) is 0 Å². The second-order valence-corrected chi connectivity index (χ2v) is 4.82. The molecular weight excluding hydrogens is 220 g/mol. The van der Waals surface area contributed by atoms with E-state index >= 15 is 0 Å². The second kappa shape index (κ2) is 6.39. The van der Waals surface area contributed by atoms with Gasteiger partial charge in [-0.25, -0.2) is 4.98 Å². The van der Waals surface area contributed by atoms with Crippen LogP contribution in [0.3, 0.4) is 0 Å². The van der Waals surface area contributed by atoms with Crippen LogP contribution in [0.1, 0.15) is 43.3 Å². The lowest BCUT2D eigenvalue weighted by atomic mass is 10.1. The number of aryl methyl sites for hydroxylation is 1. The van der Waals surface area contributed by atoms with Crippen molar-refractivity contribution in [3.05, 3.63) is 53.6 Å². The van der Waals surface area contributed by atoms with Crippen LogP contribution >= 0.6 is 0 Å². The molecule has 0 aliphatic carbocycles. The fourth-order valence-corrected chi connectivity index (χ4v) is 2.29. The van der Waals surface area contributed by atoms with Crippen LogP contribution in [-0.4, -0.2) is 9.55 Å². The van der Waals surface area contributed by atoms with Gasteiger partial charge in [0, 0.05) is 24.9 Å². The summed E-state index contributed by atoms with van der Waals surface area (Å²) in [7, 11) is 0. The van der Waals surface area contributed by atoms with Gasteiger partial charge in [0.2, 0.25) is 0 Å². The van der Waals surface area contributed by atoms with Gasteiger partial charge in [0.15, 0.2) is 0 Å². The Morgan fingerprint density at radius 2 is 1.89 bits per heavy atom. The van der Waals surface area contributed by atoms with E-state index in [2.05, 4.69) is 53.7 Å². The number of unbranched alkanes of at least 4 members (excludes halogenated alkanes) is 2. The average molecular weight is 242 g/mol. The van der Waals surface area contributed by atoms with Crippen molar-refractivity contribution >= 4 is 0 Å². The number of imidazole rings is 1. The lowest BCUT2D eigenvalue weighted by Gasteiger charge is -2.10. The Morgan fingerprint density at radius 1 is 1.11 bits per heavy atom. The molecule has 0 atom stereocenters. The molecule has 0 N–H and O–H groups in total. The molecule has 1 aromatic carbocycles. The molecule has 0 saturated carbocycles. The highest BCUT2D eigenvalue weighted by molar-refractivity contribution is 5.21. The summed E-state index contributed by atoms with van der Waals surface area (Å²) in [5.41, 5.74) is 2.68. The summed E-state index contributed by atoms with van der Waals surface area (Å²) in [4.78, 5) is 4.45. The van der Waals surface area contributed by atoms with Gasteiger partial charge in [0.1, 0.15) is 5.82 Å². The molecule has 18 heavy (non-hydrogen) atoms. The SMILES string of the molecule is CCCCCn1c(Cc2ccccc2)cnc1C. The summed E-state index contributed by atoms with van der Waals surface area (Å²) < 4.78 is 2.36. The normalized spacial score (nSPS) is 10.8. The van der Waals surface area contributed by atoms with E-state index in [-0.39, 0.29) is 0 Å². The lowest BCUT2D eigenvalue weighted by Crippen LogP contribution is -2.06. The minimum absolute atomic E-state index is 0.980. The van der Waals surface area contributed by atoms with Gasteiger partial charge in [-0.15, -0.1) is 0 Å². The van der Waals surface area contributed by atoms with Crippen LogP contribution in [0.4, 0.5) is 0 Å². The van der Waals surface area contributed by atoms with Gasteiger partial charge >= 0.3 is 0 Å². The van der Waals surface area contributed by atoms with Crippen LogP contribution in [0.2, 0.25) is 0 Å².